The highest BCUT2D eigenvalue weighted by Crippen LogP contribution is 2.13. The summed E-state index contributed by atoms with van der Waals surface area (Å²) in [5, 5.41) is 27.0. The Labute approximate surface area is 238 Å². The summed E-state index contributed by atoms with van der Waals surface area (Å²) < 4.78 is 0. The van der Waals surface area contributed by atoms with E-state index < -0.39 is 53.8 Å². The van der Waals surface area contributed by atoms with Crippen molar-refractivity contribution in [3.8, 4) is 5.75 Å². The number of benzene rings is 2. The van der Waals surface area contributed by atoms with E-state index in [4.69, 9.17) is 11.5 Å². The molecule has 0 aliphatic carbocycles. The summed E-state index contributed by atoms with van der Waals surface area (Å²) in [4.78, 5) is 62.6. The molecule has 4 atom stereocenters. The number of aromatic hydroxyl groups is 1. The first-order valence-electron chi connectivity index (χ1n) is 13.3. The Balaban J connectivity index is 2.31. The molecule has 0 heterocycles. The van der Waals surface area contributed by atoms with E-state index >= 15 is 0 Å². The van der Waals surface area contributed by atoms with Gasteiger partial charge in [0, 0.05) is 19.3 Å². The number of amides is 4. The first kappa shape index (κ1) is 32.8. The van der Waals surface area contributed by atoms with Gasteiger partial charge >= 0.3 is 5.97 Å². The highest BCUT2D eigenvalue weighted by molar-refractivity contribution is 5.94. The smallest absolute Gasteiger partial charge is 0.326 e. The van der Waals surface area contributed by atoms with Gasteiger partial charge in [-0.05, 0) is 42.0 Å². The van der Waals surface area contributed by atoms with Gasteiger partial charge in [-0.2, -0.15) is 0 Å². The van der Waals surface area contributed by atoms with E-state index in [1.165, 1.54) is 12.1 Å². The van der Waals surface area contributed by atoms with Gasteiger partial charge in [-0.25, -0.2) is 4.79 Å². The Kier molecular flexibility index (Phi) is 12.8. The summed E-state index contributed by atoms with van der Waals surface area (Å²) in [7, 11) is 0. The van der Waals surface area contributed by atoms with Crippen molar-refractivity contribution in [2.75, 3.05) is 0 Å². The number of aliphatic carboxylic acids is 1. The third-order valence-corrected chi connectivity index (χ3v) is 6.28. The lowest BCUT2D eigenvalue weighted by Crippen LogP contribution is -2.58. The molecule has 0 radical (unpaired) electrons. The molecule has 2 aromatic rings. The summed E-state index contributed by atoms with van der Waals surface area (Å²) in [5.74, 6) is -3.91. The molecule has 0 saturated heterocycles. The fourth-order valence-corrected chi connectivity index (χ4v) is 4.08. The molecular formula is C29H39N5O7. The molecule has 222 valence electrons. The molecule has 0 aliphatic rings. The van der Waals surface area contributed by atoms with E-state index in [-0.39, 0.29) is 43.8 Å². The molecule has 0 spiro atoms. The predicted octanol–water partition coefficient (Wildman–Crippen LogP) is 0.355. The van der Waals surface area contributed by atoms with Crippen LogP contribution in [0.5, 0.6) is 5.75 Å². The van der Waals surface area contributed by atoms with E-state index in [9.17, 15) is 34.2 Å². The van der Waals surface area contributed by atoms with Gasteiger partial charge in [0.2, 0.25) is 23.6 Å². The SMILES string of the molecule is CC(C)CC(NC(=O)C(Cc1ccccc1)NC(=O)C(Cc1ccc(O)cc1)NC(=O)C(N)CCC(N)=O)C(=O)O. The Morgan fingerprint density at radius 1 is 0.756 bits per heavy atom. The molecule has 0 bridgehead atoms. The molecule has 0 fully saturated rings. The number of phenols is 1. The molecule has 0 aromatic heterocycles. The zero-order valence-electron chi connectivity index (χ0n) is 23.2. The van der Waals surface area contributed by atoms with Gasteiger partial charge in [0.05, 0.1) is 6.04 Å². The highest BCUT2D eigenvalue weighted by atomic mass is 16.4. The minimum absolute atomic E-state index is 0.00876. The lowest BCUT2D eigenvalue weighted by molar-refractivity contribution is -0.142. The Bertz CT molecular complexity index is 1190. The van der Waals surface area contributed by atoms with Crippen LogP contribution in [-0.2, 0) is 36.8 Å². The number of primary amides is 1. The standard InChI is InChI=1S/C29H39N5O7/c1-17(2)14-24(29(40)41)34-28(39)23(15-18-6-4-3-5-7-18)33-27(38)22(16-19-8-10-20(35)11-9-19)32-26(37)21(30)12-13-25(31)36/h3-11,17,21-24,35H,12-16,30H2,1-2H3,(H2,31,36)(H,32,37)(H,33,38)(H,34,39)(H,40,41). The molecule has 0 aliphatic heterocycles. The second kappa shape index (κ2) is 16.0. The fraction of sp³-hybridized carbons (Fsp3) is 0.414. The molecule has 0 saturated carbocycles. The average molecular weight is 570 g/mol. The summed E-state index contributed by atoms with van der Waals surface area (Å²) in [5.41, 5.74) is 12.4. The Morgan fingerprint density at radius 2 is 1.24 bits per heavy atom. The van der Waals surface area contributed by atoms with Crippen LogP contribution in [0.25, 0.3) is 0 Å². The molecular weight excluding hydrogens is 530 g/mol. The van der Waals surface area contributed by atoms with Crippen LogP contribution in [-0.4, -0.2) is 64.0 Å². The second-order valence-electron chi connectivity index (χ2n) is 10.3. The number of hydrogen-bond acceptors (Lipinski definition) is 7. The molecule has 41 heavy (non-hydrogen) atoms. The molecule has 12 heteroatoms. The normalized spacial score (nSPS) is 13.9. The van der Waals surface area contributed by atoms with E-state index in [2.05, 4.69) is 16.0 Å². The van der Waals surface area contributed by atoms with Gasteiger partial charge < -0.3 is 37.6 Å². The highest BCUT2D eigenvalue weighted by Gasteiger charge is 2.31. The van der Waals surface area contributed by atoms with E-state index in [0.717, 1.165) is 5.56 Å². The first-order valence-corrected chi connectivity index (χ1v) is 13.3. The van der Waals surface area contributed by atoms with Crippen LogP contribution in [0.2, 0.25) is 0 Å². The number of carbonyl (C=O) groups excluding carboxylic acids is 4. The van der Waals surface area contributed by atoms with Crippen molar-refractivity contribution in [3.63, 3.8) is 0 Å². The number of phenolic OH excluding ortho intramolecular Hbond substituents is 1. The predicted molar refractivity (Wildman–Crippen MR) is 151 cm³/mol. The minimum Gasteiger partial charge on any atom is -0.508 e. The zero-order chi connectivity index (χ0) is 30.5. The summed E-state index contributed by atoms with van der Waals surface area (Å²) >= 11 is 0. The number of hydrogen-bond donors (Lipinski definition) is 7. The van der Waals surface area contributed by atoms with Crippen LogP contribution in [0.15, 0.2) is 54.6 Å². The third kappa shape index (κ3) is 11.7. The number of carboxylic acid groups (broad SMARTS) is 1. The summed E-state index contributed by atoms with van der Waals surface area (Å²) in [6.45, 7) is 3.66. The molecule has 9 N–H and O–H groups in total. The van der Waals surface area contributed by atoms with E-state index in [1.807, 2.05) is 13.8 Å². The number of rotatable bonds is 16. The second-order valence-corrected chi connectivity index (χ2v) is 10.3. The van der Waals surface area contributed by atoms with Crippen molar-refractivity contribution >= 4 is 29.6 Å². The Morgan fingerprint density at radius 3 is 1.73 bits per heavy atom. The minimum atomic E-state index is -1.20. The maximum Gasteiger partial charge on any atom is 0.326 e. The number of nitrogens with two attached hydrogens (primary N) is 2. The van der Waals surface area contributed by atoms with Crippen LogP contribution in [0.1, 0.15) is 44.2 Å². The van der Waals surface area contributed by atoms with Crippen molar-refractivity contribution in [3.05, 3.63) is 65.7 Å². The maximum atomic E-state index is 13.6. The van der Waals surface area contributed by atoms with Gasteiger partial charge in [0.1, 0.15) is 23.9 Å². The molecule has 4 unspecified atom stereocenters. The van der Waals surface area contributed by atoms with Gasteiger partial charge in [0.15, 0.2) is 0 Å². The molecule has 2 rings (SSSR count). The summed E-state index contributed by atoms with van der Waals surface area (Å²) in [6, 6.07) is 10.2. The van der Waals surface area contributed by atoms with Crippen LogP contribution in [0, 0.1) is 5.92 Å². The van der Waals surface area contributed by atoms with Crippen molar-refractivity contribution in [1.82, 2.24) is 16.0 Å². The number of carbonyl (C=O) groups is 5. The third-order valence-electron chi connectivity index (χ3n) is 6.28. The van der Waals surface area contributed by atoms with Crippen LogP contribution < -0.4 is 27.4 Å². The number of carboxylic acids is 1. The zero-order valence-corrected chi connectivity index (χ0v) is 23.2. The van der Waals surface area contributed by atoms with Crippen LogP contribution in [0.3, 0.4) is 0 Å². The Hall–Kier alpha value is -4.45. The van der Waals surface area contributed by atoms with Gasteiger partial charge in [-0.15, -0.1) is 0 Å². The van der Waals surface area contributed by atoms with Crippen LogP contribution >= 0.6 is 0 Å². The van der Waals surface area contributed by atoms with E-state index in [0.29, 0.717) is 5.56 Å². The van der Waals surface area contributed by atoms with Crippen molar-refractivity contribution < 1.29 is 34.2 Å². The number of nitrogens with one attached hydrogen (secondary N) is 3. The molecule has 2 aromatic carbocycles. The first-order chi connectivity index (χ1) is 19.3. The quantitative estimate of drug-likeness (QED) is 0.149. The van der Waals surface area contributed by atoms with Crippen LogP contribution in [0.4, 0.5) is 0 Å². The lowest BCUT2D eigenvalue weighted by atomic mass is 10.0. The molecule has 4 amide bonds. The van der Waals surface area contributed by atoms with Crippen molar-refractivity contribution in [2.24, 2.45) is 17.4 Å². The summed E-state index contributed by atoms with van der Waals surface area (Å²) in [6.07, 6.45) is 0.0927. The van der Waals surface area contributed by atoms with Crippen molar-refractivity contribution in [2.45, 2.75) is 70.1 Å². The van der Waals surface area contributed by atoms with Gasteiger partial charge in [0.25, 0.3) is 0 Å². The van der Waals surface area contributed by atoms with Crippen molar-refractivity contribution in [1.29, 1.82) is 0 Å². The van der Waals surface area contributed by atoms with E-state index in [1.54, 1.807) is 42.5 Å². The van der Waals surface area contributed by atoms with Gasteiger partial charge in [-0.1, -0.05) is 56.3 Å². The van der Waals surface area contributed by atoms with Gasteiger partial charge in [-0.3, -0.25) is 19.2 Å². The fourth-order valence-electron chi connectivity index (χ4n) is 4.08. The molecule has 12 nitrogen and oxygen atoms in total. The monoisotopic (exact) mass is 569 g/mol. The topological polar surface area (TPSA) is 214 Å². The largest absolute Gasteiger partial charge is 0.508 e. The maximum absolute atomic E-state index is 13.6. The lowest BCUT2D eigenvalue weighted by Gasteiger charge is -2.26. The average Bonchev–Trinajstić information content (AvgIpc) is 2.91.